The second-order valence-electron chi connectivity index (χ2n) is 7.24. The van der Waals surface area contributed by atoms with Gasteiger partial charge in [-0.25, -0.2) is 8.78 Å². The Morgan fingerprint density at radius 1 is 0.794 bits per heavy atom. The highest BCUT2D eigenvalue weighted by molar-refractivity contribution is 8.93. The molecule has 0 saturated heterocycles. The first-order chi connectivity index (χ1) is 16.1. The summed E-state index contributed by atoms with van der Waals surface area (Å²) in [6.07, 6.45) is 3.26. The molecule has 0 atom stereocenters. The maximum Gasteiger partial charge on any atom is 0.148 e. The molecule has 0 aliphatic heterocycles. The lowest BCUT2D eigenvalue weighted by molar-refractivity contribution is 0.414. The number of nitrogen functional groups attached to an aromatic ring is 1. The average Bonchev–Trinajstić information content (AvgIpc) is 2.86. The molecule has 0 fully saturated rings. The number of ether oxygens (including phenoxy) is 1. The molecule has 34 heavy (non-hydrogen) atoms. The van der Waals surface area contributed by atoms with Crippen LogP contribution in [-0.4, -0.2) is 17.1 Å². The molecule has 0 spiro atoms. The van der Waals surface area contributed by atoms with Crippen LogP contribution in [0.3, 0.4) is 0 Å². The first-order valence-corrected chi connectivity index (χ1v) is 10.3. The van der Waals surface area contributed by atoms with E-state index in [1.807, 2.05) is 42.5 Å². The molecule has 5 nitrogen and oxygen atoms in total. The van der Waals surface area contributed by atoms with E-state index in [2.05, 4.69) is 15.3 Å². The molecule has 0 amide bonds. The number of aromatic nitrogens is 2. The maximum atomic E-state index is 14.0. The summed E-state index contributed by atoms with van der Waals surface area (Å²) in [5.41, 5.74) is 8.25. The predicted octanol–water partition coefficient (Wildman–Crippen LogP) is 6.53. The SMILES string of the molecule is Br.COc1ccc(CNc2c(F)ccc3cccnc23)cc1.Nc1c(F)ccc2cccnc12. The second kappa shape index (κ2) is 11.4. The van der Waals surface area contributed by atoms with Crippen LogP contribution in [0, 0.1) is 11.6 Å². The van der Waals surface area contributed by atoms with Crippen molar-refractivity contribution in [3.63, 3.8) is 0 Å². The van der Waals surface area contributed by atoms with Crippen molar-refractivity contribution in [3.8, 4) is 5.75 Å². The number of methoxy groups -OCH3 is 1. The quantitative estimate of drug-likeness (QED) is 0.261. The Kier molecular flexibility index (Phi) is 8.32. The van der Waals surface area contributed by atoms with Crippen LogP contribution >= 0.6 is 17.0 Å². The van der Waals surface area contributed by atoms with Crippen LogP contribution in [0.2, 0.25) is 0 Å². The summed E-state index contributed by atoms with van der Waals surface area (Å²) in [4.78, 5) is 8.24. The fourth-order valence-corrected chi connectivity index (χ4v) is 3.37. The van der Waals surface area contributed by atoms with Gasteiger partial charge in [-0.05, 0) is 54.1 Å². The molecule has 0 radical (unpaired) electrons. The van der Waals surface area contributed by atoms with Gasteiger partial charge >= 0.3 is 0 Å². The van der Waals surface area contributed by atoms with Crippen molar-refractivity contribution in [1.82, 2.24) is 9.97 Å². The normalized spacial score (nSPS) is 10.2. The van der Waals surface area contributed by atoms with E-state index < -0.39 is 5.82 Å². The van der Waals surface area contributed by atoms with Gasteiger partial charge in [-0.3, -0.25) is 9.97 Å². The summed E-state index contributed by atoms with van der Waals surface area (Å²) < 4.78 is 32.0. The molecule has 174 valence electrons. The Bertz CT molecular complexity index is 1400. The smallest absolute Gasteiger partial charge is 0.148 e. The fraction of sp³-hybridized carbons (Fsp3) is 0.0769. The van der Waals surface area contributed by atoms with Crippen molar-refractivity contribution in [2.24, 2.45) is 0 Å². The third-order valence-corrected chi connectivity index (χ3v) is 5.11. The van der Waals surface area contributed by atoms with Crippen LogP contribution in [-0.2, 0) is 6.54 Å². The second-order valence-corrected chi connectivity index (χ2v) is 7.24. The predicted molar refractivity (Wildman–Crippen MR) is 138 cm³/mol. The van der Waals surface area contributed by atoms with Gasteiger partial charge in [0.05, 0.1) is 29.5 Å². The number of pyridine rings is 2. The number of hydrogen-bond acceptors (Lipinski definition) is 5. The third-order valence-electron chi connectivity index (χ3n) is 5.11. The molecule has 2 aromatic heterocycles. The molecule has 0 bridgehead atoms. The standard InChI is InChI=1S/C17H15FN2O.C9H7FN2.BrH/c1-21-14-7-4-12(5-8-14)11-20-17-15(18)9-6-13-3-2-10-19-16(13)17;10-7-4-3-6-2-1-5-12-9(6)8(7)11;/h2-10,20H,11H2,1H3;1-5H,11H2;1H. The Labute approximate surface area is 206 Å². The van der Waals surface area contributed by atoms with Crippen LogP contribution in [0.1, 0.15) is 5.56 Å². The van der Waals surface area contributed by atoms with Crippen LogP contribution in [0.25, 0.3) is 21.8 Å². The molecule has 3 aromatic carbocycles. The highest BCUT2D eigenvalue weighted by Crippen LogP contribution is 2.25. The van der Waals surface area contributed by atoms with Crippen LogP contribution in [0.4, 0.5) is 20.2 Å². The lowest BCUT2D eigenvalue weighted by atomic mass is 10.1. The highest BCUT2D eigenvalue weighted by Gasteiger charge is 2.08. The lowest BCUT2D eigenvalue weighted by Gasteiger charge is -2.10. The number of hydrogen-bond donors (Lipinski definition) is 2. The number of halogens is 3. The minimum absolute atomic E-state index is 0. The van der Waals surface area contributed by atoms with Gasteiger partial charge < -0.3 is 15.8 Å². The van der Waals surface area contributed by atoms with E-state index in [9.17, 15) is 8.78 Å². The summed E-state index contributed by atoms with van der Waals surface area (Å²) in [6, 6.07) is 21.3. The average molecular weight is 525 g/mol. The molecular formula is C26H23BrF2N4O. The number of anilines is 2. The molecule has 8 heteroatoms. The van der Waals surface area contributed by atoms with Crippen LogP contribution in [0.5, 0.6) is 5.75 Å². The van der Waals surface area contributed by atoms with Crippen molar-refractivity contribution in [2.75, 3.05) is 18.2 Å². The summed E-state index contributed by atoms with van der Waals surface area (Å²) >= 11 is 0. The number of nitrogens with zero attached hydrogens (tertiary/aromatic N) is 2. The van der Waals surface area contributed by atoms with Gasteiger partial charge in [0, 0.05) is 29.7 Å². The van der Waals surface area contributed by atoms with E-state index in [0.29, 0.717) is 23.3 Å². The lowest BCUT2D eigenvalue weighted by Crippen LogP contribution is -2.03. The van der Waals surface area contributed by atoms with Gasteiger partial charge in [0.15, 0.2) is 0 Å². The zero-order chi connectivity index (χ0) is 23.2. The first kappa shape index (κ1) is 24.9. The minimum Gasteiger partial charge on any atom is -0.497 e. The summed E-state index contributed by atoms with van der Waals surface area (Å²) in [6.45, 7) is 0.524. The monoisotopic (exact) mass is 524 g/mol. The van der Waals surface area contributed by atoms with Crippen molar-refractivity contribution in [1.29, 1.82) is 0 Å². The maximum absolute atomic E-state index is 14.0. The van der Waals surface area contributed by atoms with Crippen molar-refractivity contribution < 1.29 is 13.5 Å². The zero-order valence-electron chi connectivity index (χ0n) is 18.3. The molecular weight excluding hydrogens is 502 g/mol. The van der Waals surface area contributed by atoms with Crippen molar-refractivity contribution in [2.45, 2.75) is 6.54 Å². The molecule has 0 unspecified atom stereocenters. The summed E-state index contributed by atoms with van der Waals surface area (Å²) in [5, 5.41) is 4.90. The van der Waals surface area contributed by atoms with Gasteiger partial charge in [0.25, 0.3) is 0 Å². The molecule has 0 saturated carbocycles. The fourth-order valence-electron chi connectivity index (χ4n) is 3.37. The van der Waals surface area contributed by atoms with Crippen molar-refractivity contribution in [3.05, 3.63) is 102 Å². The number of nitrogens with two attached hydrogens (primary N) is 1. The molecule has 5 aromatic rings. The summed E-state index contributed by atoms with van der Waals surface area (Å²) in [5.74, 6) is 0.0904. The minimum atomic E-state index is -0.416. The van der Waals surface area contributed by atoms with E-state index >= 15 is 0 Å². The van der Waals surface area contributed by atoms with Gasteiger partial charge in [-0.15, -0.1) is 17.0 Å². The van der Waals surface area contributed by atoms with E-state index in [1.54, 1.807) is 37.7 Å². The van der Waals surface area contributed by atoms with E-state index in [0.717, 1.165) is 22.1 Å². The number of nitrogens with one attached hydrogen (secondary N) is 1. The zero-order valence-corrected chi connectivity index (χ0v) is 20.0. The summed E-state index contributed by atoms with van der Waals surface area (Å²) in [7, 11) is 1.63. The number of benzene rings is 3. The third kappa shape index (κ3) is 5.58. The van der Waals surface area contributed by atoms with Gasteiger partial charge in [0.1, 0.15) is 17.4 Å². The Hall–Kier alpha value is -3.78. The molecule has 0 aliphatic carbocycles. The van der Waals surface area contributed by atoms with Gasteiger partial charge in [0.2, 0.25) is 0 Å². The largest absolute Gasteiger partial charge is 0.497 e. The molecule has 0 aliphatic rings. The molecule has 5 rings (SSSR count). The van der Waals surface area contributed by atoms with Gasteiger partial charge in [-0.2, -0.15) is 0 Å². The molecule has 3 N–H and O–H groups in total. The Balaban J connectivity index is 0.000000212. The Morgan fingerprint density at radius 3 is 2.03 bits per heavy atom. The van der Waals surface area contributed by atoms with Crippen molar-refractivity contribution >= 4 is 50.2 Å². The number of rotatable bonds is 4. The highest BCUT2D eigenvalue weighted by atomic mass is 79.9. The molecule has 2 heterocycles. The first-order valence-electron chi connectivity index (χ1n) is 10.3. The van der Waals surface area contributed by atoms with E-state index in [4.69, 9.17) is 10.5 Å². The van der Waals surface area contributed by atoms with E-state index in [1.165, 1.54) is 12.1 Å². The van der Waals surface area contributed by atoms with Gasteiger partial charge in [-0.1, -0.05) is 24.3 Å². The Morgan fingerprint density at radius 2 is 1.38 bits per heavy atom. The van der Waals surface area contributed by atoms with Crippen LogP contribution in [0.15, 0.2) is 85.2 Å². The topological polar surface area (TPSA) is 73.1 Å². The van der Waals surface area contributed by atoms with Crippen LogP contribution < -0.4 is 15.8 Å². The number of fused-ring (bicyclic) bond motifs is 2. The van der Waals surface area contributed by atoms with E-state index in [-0.39, 0.29) is 28.5 Å².